The largest absolute Gasteiger partial charge is 0.381 e. The highest BCUT2D eigenvalue weighted by Crippen LogP contribution is 1.92. The molecule has 0 unspecified atom stereocenters. The molecule has 0 aromatic carbocycles. The van der Waals surface area contributed by atoms with Gasteiger partial charge in [-0.05, 0) is 12.8 Å². The average molecular weight is 187 g/mol. The van der Waals surface area contributed by atoms with Crippen LogP contribution in [-0.2, 0) is 9.53 Å². The van der Waals surface area contributed by atoms with Crippen LogP contribution in [0.4, 0.5) is 0 Å². The van der Waals surface area contributed by atoms with Crippen LogP contribution in [0.25, 0.3) is 0 Å². The second kappa shape index (κ2) is 8.05. The minimum absolute atomic E-state index is 0.119. The summed E-state index contributed by atoms with van der Waals surface area (Å²) in [7, 11) is 1.81. The van der Waals surface area contributed by atoms with Gasteiger partial charge in [-0.1, -0.05) is 13.3 Å². The lowest BCUT2D eigenvalue weighted by molar-refractivity contribution is -0.127. The molecule has 0 spiro atoms. The molecule has 0 aliphatic carbocycles. The van der Waals surface area contributed by atoms with Gasteiger partial charge in [0, 0.05) is 33.7 Å². The summed E-state index contributed by atoms with van der Waals surface area (Å²) in [5.74, 6) is 0.119. The highest BCUT2D eigenvalue weighted by molar-refractivity contribution is 5.72. The monoisotopic (exact) mass is 187 g/mol. The van der Waals surface area contributed by atoms with E-state index in [9.17, 15) is 4.79 Å². The molecule has 0 rings (SSSR count). The number of hydrogen-bond acceptors (Lipinski definition) is 2. The molecular formula is C10H21NO2. The number of unbranched alkanes of at least 4 members (excludes halogenated alkanes) is 1. The van der Waals surface area contributed by atoms with Crippen molar-refractivity contribution < 1.29 is 9.53 Å². The zero-order valence-electron chi connectivity index (χ0n) is 9.01. The van der Waals surface area contributed by atoms with Gasteiger partial charge in [-0.3, -0.25) is 4.79 Å². The molecule has 0 saturated heterocycles. The molecule has 0 aliphatic heterocycles. The Morgan fingerprint density at radius 3 is 2.46 bits per heavy atom. The number of ether oxygens (including phenoxy) is 1. The predicted molar refractivity (Wildman–Crippen MR) is 53.7 cm³/mol. The van der Waals surface area contributed by atoms with Crippen molar-refractivity contribution in [2.75, 3.05) is 26.8 Å². The molecule has 0 N–H and O–H groups in total. The van der Waals surface area contributed by atoms with Gasteiger partial charge in [0.2, 0.25) is 5.91 Å². The minimum Gasteiger partial charge on any atom is -0.381 e. The predicted octanol–water partition coefficient (Wildman–Crippen LogP) is 1.67. The Morgan fingerprint density at radius 2 is 1.92 bits per heavy atom. The molecule has 0 saturated carbocycles. The van der Waals surface area contributed by atoms with Crippen LogP contribution in [-0.4, -0.2) is 37.6 Å². The number of hydrogen-bond donors (Lipinski definition) is 0. The summed E-state index contributed by atoms with van der Waals surface area (Å²) in [6, 6.07) is 0. The molecule has 78 valence electrons. The molecule has 0 aromatic rings. The molecule has 1 amide bonds. The van der Waals surface area contributed by atoms with Gasteiger partial charge >= 0.3 is 0 Å². The molecular weight excluding hydrogens is 166 g/mol. The van der Waals surface area contributed by atoms with Crippen molar-refractivity contribution in [3.63, 3.8) is 0 Å². The van der Waals surface area contributed by atoms with Crippen LogP contribution in [0.1, 0.15) is 33.1 Å². The Labute approximate surface area is 81.1 Å². The fourth-order valence-electron chi connectivity index (χ4n) is 0.910. The highest BCUT2D eigenvalue weighted by atomic mass is 16.5. The third-order valence-electron chi connectivity index (χ3n) is 1.96. The molecule has 0 aliphatic rings. The minimum atomic E-state index is 0.119. The van der Waals surface area contributed by atoms with Crippen LogP contribution < -0.4 is 0 Å². The number of carbonyl (C=O) groups is 1. The number of carbonyl (C=O) groups excluding carboxylic acids is 1. The van der Waals surface area contributed by atoms with E-state index in [1.807, 2.05) is 7.05 Å². The molecule has 0 fully saturated rings. The van der Waals surface area contributed by atoms with E-state index in [1.54, 1.807) is 11.8 Å². The van der Waals surface area contributed by atoms with Crippen LogP contribution in [0.3, 0.4) is 0 Å². The summed E-state index contributed by atoms with van der Waals surface area (Å²) in [4.78, 5) is 12.5. The zero-order valence-corrected chi connectivity index (χ0v) is 9.01. The maximum atomic E-state index is 10.8. The van der Waals surface area contributed by atoms with Crippen LogP contribution in [0.5, 0.6) is 0 Å². The van der Waals surface area contributed by atoms with E-state index in [-0.39, 0.29) is 5.91 Å². The lowest BCUT2D eigenvalue weighted by Gasteiger charge is -2.14. The summed E-state index contributed by atoms with van der Waals surface area (Å²) in [5, 5.41) is 0. The molecule has 0 heterocycles. The van der Waals surface area contributed by atoms with Crippen LogP contribution >= 0.6 is 0 Å². The number of amides is 1. The van der Waals surface area contributed by atoms with Gasteiger partial charge < -0.3 is 9.64 Å². The van der Waals surface area contributed by atoms with E-state index in [0.717, 1.165) is 32.6 Å². The smallest absolute Gasteiger partial charge is 0.219 e. The fourth-order valence-corrected chi connectivity index (χ4v) is 0.910. The first kappa shape index (κ1) is 12.4. The van der Waals surface area contributed by atoms with Gasteiger partial charge in [-0.2, -0.15) is 0 Å². The summed E-state index contributed by atoms with van der Waals surface area (Å²) in [6.07, 6.45) is 3.23. The zero-order chi connectivity index (χ0) is 10.1. The van der Waals surface area contributed by atoms with Gasteiger partial charge in [0.1, 0.15) is 0 Å². The summed E-state index contributed by atoms with van der Waals surface area (Å²) in [5.41, 5.74) is 0. The van der Waals surface area contributed by atoms with E-state index in [2.05, 4.69) is 6.92 Å². The maximum absolute atomic E-state index is 10.8. The average Bonchev–Trinajstić information content (AvgIpc) is 2.10. The van der Waals surface area contributed by atoms with Crippen molar-refractivity contribution in [1.82, 2.24) is 4.90 Å². The topological polar surface area (TPSA) is 29.5 Å². The highest BCUT2D eigenvalue weighted by Gasteiger charge is 1.99. The van der Waals surface area contributed by atoms with Crippen molar-refractivity contribution in [1.29, 1.82) is 0 Å². The molecule has 13 heavy (non-hydrogen) atoms. The molecule has 0 atom stereocenters. The quantitative estimate of drug-likeness (QED) is 0.567. The van der Waals surface area contributed by atoms with Gasteiger partial charge in [0.25, 0.3) is 0 Å². The van der Waals surface area contributed by atoms with Crippen LogP contribution in [0.15, 0.2) is 0 Å². The van der Waals surface area contributed by atoms with Crippen molar-refractivity contribution in [3.8, 4) is 0 Å². The van der Waals surface area contributed by atoms with Crippen LogP contribution in [0, 0.1) is 0 Å². The van der Waals surface area contributed by atoms with Crippen molar-refractivity contribution >= 4 is 5.91 Å². The lowest BCUT2D eigenvalue weighted by atomic mass is 10.3. The number of rotatable bonds is 7. The molecule has 3 nitrogen and oxygen atoms in total. The third-order valence-corrected chi connectivity index (χ3v) is 1.96. The van der Waals surface area contributed by atoms with E-state index in [0.29, 0.717) is 0 Å². The molecule has 0 aromatic heterocycles. The van der Waals surface area contributed by atoms with Gasteiger partial charge in [-0.25, -0.2) is 0 Å². The summed E-state index contributed by atoms with van der Waals surface area (Å²) < 4.78 is 5.37. The van der Waals surface area contributed by atoms with Gasteiger partial charge in [0.05, 0.1) is 0 Å². The first-order valence-electron chi connectivity index (χ1n) is 4.98. The Hall–Kier alpha value is -0.570. The van der Waals surface area contributed by atoms with Crippen LogP contribution in [0.2, 0.25) is 0 Å². The lowest BCUT2D eigenvalue weighted by Crippen LogP contribution is -2.25. The Morgan fingerprint density at radius 1 is 1.31 bits per heavy atom. The molecule has 3 heteroatoms. The fraction of sp³-hybridized carbons (Fsp3) is 0.900. The van der Waals surface area contributed by atoms with Crippen molar-refractivity contribution in [3.05, 3.63) is 0 Å². The van der Waals surface area contributed by atoms with Crippen molar-refractivity contribution in [2.24, 2.45) is 0 Å². The Bertz CT molecular complexity index is 137. The van der Waals surface area contributed by atoms with E-state index in [4.69, 9.17) is 4.74 Å². The third kappa shape index (κ3) is 7.78. The number of nitrogens with zero attached hydrogens (tertiary/aromatic N) is 1. The van der Waals surface area contributed by atoms with E-state index >= 15 is 0 Å². The van der Waals surface area contributed by atoms with E-state index in [1.165, 1.54) is 6.42 Å². The second-order valence-corrected chi connectivity index (χ2v) is 3.26. The van der Waals surface area contributed by atoms with Crippen molar-refractivity contribution in [2.45, 2.75) is 33.1 Å². The standard InChI is InChI=1S/C10H21NO2/c1-4-5-8-13-9-6-7-11(3)10(2)12/h4-9H2,1-3H3. The first-order chi connectivity index (χ1) is 6.18. The summed E-state index contributed by atoms with van der Waals surface area (Å²) in [6.45, 7) is 6.13. The molecule has 0 radical (unpaired) electrons. The molecule has 0 bridgehead atoms. The Kier molecular flexibility index (Phi) is 7.69. The SMILES string of the molecule is CCCCOCCCN(C)C(C)=O. The second-order valence-electron chi connectivity index (χ2n) is 3.26. The summed E-state index contributed by atoms with van der Waals surface area (Å²) >= 11 is 0. The first-order valence-corrected chi connectivity index (χ1v) is 4.98. The Balaban J connectivity index is 3.11. The normalized spacial score (nSPS) is 10.1. The maximum Gasteiger partial charge on any atom is 0.219 e. The van der Waals surface area contributed by atoms with Gasteiger partial charge in [0.15, 0.2) is 0 Å². The van der Waals surface area contributed by atoms with Gasteiger partial charge in [-0.15, -0.1) is 0 Å². The van der Waals surface area contributed by atoms with E-state index < -0.39 is 0 Å².